The van der Waals surface area contributed by atoms with E-state index in [2.05, 4.69) is 22.6 Å². The molecule has 2 heterocycles. The van der Waals surface area contributed by atoms with Gasteiger partial charge in [0.25, 0.3) is 11.6 Å². The van der Waals surface area contributed by atoms with Crippen LogP contribution in [0.3, 0.4) is 0 Å². The highest BCUT2D eigenvalue weighted by Gasteiger charge is 2.34. The first-order valence-electron chi connectivity index (χ1n) is 10.5. The van der Waals surface area contributed by atoms with E-state index in [1.54, 1.807) is 36.3 Å². The molecule has 0 bridgehead atoms. The van der Waals surface area contributed by atoms with E-state index in [4.69, 9.17) is 26.4 Å². The molecule has 0 spiro atoms. The van der Waals surface area contributed by atoms with Crippen molar-refractivity contribution in [3.05, 3.63) is 66.1 Å². The normalized spacial score (nSPS) is 19.2. The lowest BCUT2D eigenvalue weighted by Crippen LogP contribution is -2.35. The Morgan fingerprint density at radius 3 is 2.76 bits per heavy atom. The predicted octanol–water partition coefficient (Wildman–Crippen LogP) is 5.17. The van der Waals surface area contributed by atoms with Crippen LogP contribution in [0.4, 0.5) is 5.69 Å². The summed E-state index contributed by atoms with van der Waals surface area (Å²) in [6.45, 7) is 1.44. The fourth-order valence-corrected chi connectivity index (χ4v) is 5.69. The summed E-state index contributed by atoms with van der Waals surface area (Å²) in [5, 5.41) is 10.8. The summed E-state index contributed by atoms with van der Waals surface area (Å²) in [5.74, 6) is 0.970. The Morgan fingerprint density at radius 2 is 2.12 bits per heavy atom. The molecule has 1 amide bonds. The van der Waals surface area contributed by atoms with Crippen LogP contribution in [0.25, 0.3) is 6.08 Å². The third-order valence-electron chi connectivity index (χ3n) is 5.36. The molecule has 0 unspecified atom stereocenters. The topological polar surface area (TPSA) is 91.1 Å². The lowest BCUT2D eigenvalue weighted by molar-refractivity contribution is -0.384. The molecule has 8 nitrogen and oxygen atoms in total. The van der Waals surface area contributed by atoms with Crippen molar-refractivity contribution in [1.29, 1.82) is 0 Å². The zero-order chi connectivity index (χ0) is 24.2. The molecule has 178 valence electrons. The molecule has 0 radical (unpaired) electrons. The number of nitro groups is 1. The number of rotatable bonds is 8. The van der Waals surface area contributed by atoms with E-state index in [1.807, 2.05) is 6.07 Å². The minimum absolute atomic E-state index is 0.0291. The van der Waals surface area contributed by atoms with Gasteiger partial charge in [0.05, 0.1) is 33.2 Å². The van der Waals surface area contributed by atoms with Gasteiger partial charge in [-0.3, -0.25) is 19.8 Å². The Bertz CT molecular complexity index is 1150. The van der Waals surface area contributed by atoms with Crippen molar-refractivity contribution >= 4 is 68.6 Å². The van der Waals surface area contributed by atoms with Crippen LogP contribution < -0.4 is 9.47 Å². The minimum atomic E-state index is -0.439. The standard InChI is InChI=1S/C23H21IN2O6S2/c1-30-19-10-15(11-20-22(27)25(23(33)34-20)12-17-3-2-8-31-17)9-18(24)21(19)32-13-14-4-6-16(7-5-14)26(28)29/h4-7,9-11,17H,2-3,8,12-13H2,1H3/b20-11-/t17-/m1/s1. The Kier molecular flexibility index (Phi) is 8.06. The van der Waals surface area contributed by atoms with E-state index in [0.717, 1.165) is 34.1 Å². The molecule has 2 aromatic rings. The van der Waals surface area contributed by atoms with Crippen molar-refractivity contribution in [2.24, 2.45) is 0 Å². The number of non-ortho nitro benzene ring substituents is 1. The zero-order valence-electron chi connectivity index (χ0n) is 18.2. The van der Waals surface area contributed by atoms with Gasteiger partial charge in [-0.1, -0.05) is 24.0 Å². The molecule has 1 atom stereocenters. The van der Waals surface area contributed by atoms with E-state index in [-0.39, 0.29) is 24.3 Å². The van der Waals surface area contributed by atoms with Gasteiger partial charge in [-0.05, 0) is 76.9 Å². The number of halogens is 1. The van der Waals surface area contributed by atoms with Crippen molar-refractivity contribution in [1.82, 2.24) is 4.90 Å². The molecule has 0 N–H and O–H groups in total. The van der Waals surface area contributed by atoms with Gasteiger partial charge in [0.1, 0.15) is 10.9 Å². The number of nitro benzene ring substituents is 1. The van der Waals surface area contributed by atoms with Crippen LogP contribution in [0.5, 0.6) is 11.5 Å². The molecule has 0 saturated carbocycles. The van der Waals surface area contributed by atoms with Crippen LogP contribution in [-0.2, 0) is 16.1 Å². The molecule has 0 aromatic heterocycles. The fourth-order valence-electron chi connectivity index (χ4n) is 3.63. The average Bonchev–Trinajstić information content (AvgIpc) is 3.42. The Labute approximate surface area is 219 Å². The molecular weight excluding hydrogens is 591 g/mol. The molecule has 11 heteroatoms. The Hall–Kier alpha value is -2.22. The number of ether oxygens (including phenoxy) is 3. The highest BCUT2D eigenvalue weighted by atomic mass is 127. The second-order valence-corrected chi connectivity index (χ2v) is 10.5. The van der Waals surface area contributed by atoms with Crippen molar-refractivity contribution in [3.63, 3.8) is 0 Å². The van der Waals surface area contributed by atoms with E-state index >= 15 is 0 Å². The minimum Gasteiger partial charge on any atom is -0.493 e. The number of carbonyl (C=O) groups excluding carboxylic acids is 1. The smallest absolute Gasteiger partial charge is 0.269 e. The summed E-state index contributed by atoms with van der Waals surface area (Å²) in [7, 11) is 1.55. The molecule has 2 aliphatic rings. The van der Waals surface area contributed by atoms with E-state index < -0.39 is 4.92 Å². The quantitative estimate of drug-likeness (QED) is 0.133. The van der Waals surface area contributed by atoms with Crippen molar-refractivity contribution < 1.29 is 23.9 Å². The molecule has 2 aliphatic heterocycles. The second-order valence-electron chi connectivity index (χ2n) is 7.67. The molecule has 34 heavy (non-hydrogen) atoms. The number of hydrogen-bond donors (Lipinski definition) is 0. The first kappa shape index (κ1) is 24.9. The van der Waals surface area contributed by atoms with Gasteiger partial charge in [-0.2, -0.15) is 0 Å². The van der Waals surface area contributed by atoms with Crippen molar-refractivity contribution in [3.8, 4) is 11.5 Å². The van der Waals surface area contributed by atoms with Gasteiger partial charge in [-0.15, -0.1) is 0 Å². The summed E-state index contributed by atoms with van der Waals surface area (Å²) in [6, 6.07) is 9.91. The third-order valence-corrected chi connectivity index (χ3v) is 7.54. The van der Waals surface area contributed by atoms with E-state index in [0.29, 0.717) is 27.3 Å². The van der Waals surface area contributed by atoms with Gasteiger partial charge in [0.15, 0.2) is 11.5 Å². The van der Waals surface area contributed by atoms with Gasteiger partial charge < -0.3 is 14.2 Å². The average molecular weight is 612 g/mol. The Balaban J connectivity index is 1.48. The van der Waals surface area contributed by atoms with Crippen molar-refractivity contribution in [2.45, 2.75) is 25.6 Å². The van der Waals surface area contributed by atoms with E-state index in [1.165, 1.54) is 23.9 Å². The molecule has 4 rings (SSSR count). The predicted molar refractivity (Wildman–Crippen MR) is 142 cm³/mol. The third kappa shape index (κ3) is 5.70. The maximum Gasteiger partial charge on any atom is 0.269 e. The number of methoxy groups -OCH3 is 1. The maximum absolute atomic E-state index is 12.9. The number of hydrogen-bond acceptors (Lipinski definition) is 8. The highest BCUT2D eigenvalue weighted by Crippen LogP contribution is 2.38. The van der Waals surface area contributed by atoms with Crippen LogP contribution in [0.2, 0.25) is 0 Å². The first-order chi connectivity index (χ1) is 16.4. The van der Waals surface area contributed by atoms with Gasteiger partial charge in [0.2, 0.25) is 0 Å². The van der Waals surface area contributed by atoms with Crippen molar-refractivity contribution in [2.75, 3.05) is 20.3 Å². The molecule has 2 fully saturated rings. The van der Waals surface area contributed by atoms with Gasteiger partial charge in [0, 0.05) is 18.7 Å². The fraction of sp³-hybridized carbons (Fsp3) is 0.304. The van der Waals surface area contributed by atoms with Gasteiger partial charge in [-0.25, -0.2) is 0 Å². The SMILES string of the molecule is COc1cc(/C=C2\SC(=S)N(C[C@H]3CCCO3)C2=O)cc(I)c1OCc1ccc([N+](=O)[O-])cc1. The zero-order valence-corrected chi connectivity index (χ0v) is 22.0. The first-order valence-corrected chi connectivity index (χ1v) is 12.8. The van der Waals surface area contributed by atoms with E-state index in [9.17, 15) is 14.9 Å². The lowest BCUT2D eigenvalue weighted by Gasteiger charge is -2.18. The van der Waals surface area contributed by atoms with Crippen LogP contribution in [0.1, 0.15) is 24.0 Å². The molecule has 2 saturated heterocycles. The number of benzene rings is 2. The largest absolute Gasteiger partial charge is 0.493 e. The number of thioether (sulfide) groups is 1. The van der Waals surface area contributed by atoms with Crippen LogP contribution in [0.15, 0.2) is 41.3 Å². The number of thiocarbonyl (C=S) groups is 1. The van der Waals surface area contributed by atoms with Crippen LogP contribution in [0, 0.1) is 13.7 Å². The summed E-state index contributed by atoms with van der Waals surface area (Å²) in [5.41, 5.74) is 1.62. The highest BCUT2D eigenvalue weighted by molar-refractivity contribution is 14.1. The number of carbonyl (C=O) groups is 1. The summed E-state index contributed by atoms with van der Waals surface area (Å²) >= 11 is 8.87. The van der Waals surface area contributed by atoms with Gasteiger partial charge >= 0.3 is 0 Å². The molecular formula is C23H21IN2O6S2. The summed E-state index contributed by atoms with van der Waals surface area (Å²) in [6.07, 6.45) is 3.79. The lowest BCUT2D eigenvalue weighted by atomic mass is 10.1. The monoisotopic (exact) mass is 612 g/mol. The van der Waals surface area contributed by atoms with Crippen LogP contribution in [-0.4, -0.2) is 46.4 Å². The van der Waals surface area contributed by atoms with Crippen LogP contribution >= 0.6 is 46.6 Å². The number of nitrogens with zero attached hydrogens (tertiary/aromatic N) is 2. The molecule has 0 aliphatic carbocycles. The maximum atomic E-state index is 12.9. The Morgan fingerprint density at radius 1 is 1.35 bits per heavy atom. The second kappa shape index (κ2) is 11.0. The number of amides is 1. The molecule has 2 aromatic carbocycles. The summed E-state index contributed by atoms with van der Waals surface area (Å²) < 4.78 is 18.5. The summed E-state index contributed by atoms with van der Waals surface area (Å²) in [4.78, 5) is 25.5.